The summed E-state index contributed by atoms with van der Waals surface area (Å²) >= 11 is 0. The summed E-state index contributed by atoms with van der Waals surface area (Å²) in [4.78, 5) is 2.59. The molecule has 2 unspecified atom stereocenters. The SMILES string of the molecule is CCCOCCN1CC(C(C)CC)NCC1(C)C. The first kappa shape index (κ1) is 15.9. The van der Waals surface area contributed by atoms with Crippen LogP contribution in [0.4, 0.5) is 0 Å². The lowest BCUT2D eigenvalue weighted by molar-refractivity contribution is 0.0201. The molecule has 0 aromatic rings. The van der Waals surface area contributed by atoms with Crippen molar-refractivity contribution in [3.8, 4) is 0 Å². The van der Waals surface area contributed by atoms with Gasteiger partial charge in [-0.2, -0.15) is 0 Å². The monoisotopic (exact) mass is 256 g/mol. The zero-order chi connectivity index (χ0) is 13.6. The molecule has 1 aliphatic rings. The van der Waals surface area contributed by atoms with Crippen molar-refractivity contribution in [3.05, 3.63) is 0 Å². The van der Waals surface area contributed by atoms with E-state index in [0.29, 0.717) is 6.04 Å². The fourth-order valence-corrected chi connectivity index (χ4v) is 2.52. The largest absolute Gasteiger partial charge is 0.380 e. The lowest BCUT2D eigenvalue weighted by atomic mass is 9.91. The van der Waals surface area contributed by atoms with E-state index in [9.17, 15) is 0 Å². The molecule has 1 aliphatic heterocycles. The van der Waals surface area contributed by atoms with E-state index in [1.807, 2.05) is 0 Å². The summed E-state index contributed by atoms with van der Waals surface area (Å²) < 4.78 is 5.64. The molecule has 3 heteroatoms. The Kier molecular flexibility index (Phi) is 6.61. The van der Waals surface area contributed by atoms with Gasteiger partial charge in [-0.3, -0.25) is 4.90 Å². The van der Waals surface area contributed by atoms with Crippen molar-refractivity contribution in [2.45, 2.75) is 59.0 Å². The lowest BCUT2D eigenvalue weighted by Crippen LogP contribution is -2.63. The van der Waals surface area contributed by atoms with Gasteiger partial charge in [0.05, 0.1) is 6.61 Å². The van der Waals surface area contributed by atoms with Gasteiger partial charge >= 0.3 is 0 Å². The molecule has 0 radical (unpaired) electrons. The van der Waals surface area contributed by atoms with Crippen LogP contribution in [0.15, 0.2) is 0 Å². The molecular weight excluding hydrogens is 224 g/mol. The molecule has 0 aromatic heterocycles. The minimum absolute atomic E-state index is 0.250. The standard InChI is InChI=1S/C15H32N2O/c1-6-9-18-10-8-17-11-14(13(3)7-2)16-12-15(17,4)5/h13-14,16H,6-12H2,1-5H3. The molecule has 3 nitrogen and oxygen atoms in total. The third kappa shape index (κ3) is 4.52. The van der Waals surface area contributed by atoms with E-state index in [4.69, 9.17) is 4.74 Å². The van der Waals surface area contributed by atoms with Gasteiger partial charge in [-0.25, -0.2) is 0 Å². The first-order chi connectivity index (χ1) is 8.51. The Hall–Kier alpha value is -0.120. The Morgan fingerprint density at radius 1 is 1.33 bits per heavy atom. The Labute approximate surface area is 113 Å². The molecule has 1 N–H and O–H groups in total. The van der Waals surface area contributed by atoms with Gasteiger partial charge in [-0.1, -0.05) is 27.2 Å². The molecule has 0 amide bonds. The molecule has 18 heavy (non-hydrogen) atoms. The number of nitrogens with zero attached hydrogens (tertiary/aromatic N) is 1. The fourth-order valence-electron chi connectivity index (χ4n) is 2.52. The van der Waals surface area contributed by atoms with Crippen LogP contribution in [0.3, 0.4) is 0 Å². The van der Waals surface area contributed by atoms with Gasteiger partial charge in [0.2, 0.25) is 0 Å². The second-order valence-electron chi connectivity index (χ2n) is 6.24. The highest BCUT2D eigenvalue weighted by atomic mass is 16.5. The fraction of sp³-hybridized carbons (Fsp3) is 1.00. The maximum atomic E-state index is 5.64. The second kappa shape index (κ2) is 7.46. The van der Waals surface area contributed by atoms with Gasteiger partial charge in [0.15, 0.2) is 0 Å². The number of rotatable bonds is 7. The Morgan fingerprint density at radius 3 is 2.67 bits per heavy atom. The number of nitrogens with one attached hydrogen (secondary N) is 1. The van der Waals surface area contributed by atoms with E-state index < -0.39 is 0 Å². The van der Waals surface area contributed by atoms with Crippen molar-refractivity contribution < 1.29 is 4.74 Å². The van der Waals surface area contributed by atoms with Crippen LogP contribution in [0.25, 0.3) is 0 Å². The van der Waals surface area contributed by atoms with Crippen molar-refractivity contribution in [1.82, 2.24) is 10.2 Å². The molecule has 0 bridgehead atoms. The Morgan fingerprint density at radius 2 is 2.06 bits per heavy atom. The molecular formula is C15H32N2O. The zero-order valence-corrected chi connectivity index (χ0v) is 13.0. The average Bonchev–Trinajstić information content (AvgIpc) is 2.35. The Balaban J connectivity index is 2.44. The van der Waals surface area contributed by atoms with Crippen molar-refractivity contribution in [3.63, 3.8) is 0 Å². The smallest absolute Gasteiger partial charge is 0.0593 e. The number of ether oxygens (including phenoxy) is 1. The summed E-state index contributed by atoms with van der Waals surface area (Å²) in [5.41, 5.74) is 0.250. The molecule has 0 spiro atoms. The van der Waals surface area contributed by atoms with Gasteiger partial charge in [-0.15, -0.1) is 0 Å². The van der Waals surface area contributed by atoms with Crippen molar-refractivity contribution in [2.75, 3.05) is 32.8 Å². The van der Waals surface area contributed by atoms with Crippen LogP contribution < -0.4 is 5.32 Å². The highest BCUT2D eigenvalue weighted by Crippen LogP contribution is 2.22. The molecule has 0 aliphatic carbocycles. The lowest BCUT2D eigenvalue weighted by Gasteiger charge is -2.47. The van der Waals surface area contributed by atoms with Gasteiger partial charge < -0.3 is 10.1 Å². The number of hydrogen-bond donors (Lipinski definition) is 1. The predicted molar refractivity (Wildman–Crippen MR) is 78.0 cm³/mol. The van der Waals surface area contributed by atoms with Crippen molar-refractivity contribution >= 4 is 0 Å². The van der Waals surface area contributed by atoms with E-state index in [1.165, 1.54) is 6.42 Å². The maximum Gasteiger partial charge on any atom is 0.0593 e. The van der Waals surface area contributed by atoms with Crippen LogP contribution in [0, 0.1) is 5.92 Å². The first-order valence-corrected chi connectivity index (χ1v) is 7.57. The van der Waals surface area contributed by atoms with E-state index in [-0.39, 0.29) is 5.54 Å². The third-order valence-corrected chi connectivity index (χ3v) is 4.25. The average molecular weight is 256 g/mol. The van der Waals surface area contributed by atoms with E-state index >= 15 is 0 Å². The summed E-state index contributed by atoms with van der Waals surface area (Å²) in [6.45, 7) is 16.5. The maximum absolute atomic E-state index is 5.64. The van der Waals surface area contributed by atoms with Crippen LogP contribution in [0.5, 0.6) is 0 Å². The summed E-state index contributed by atoms with van der Waals surface area (Å²) in [6.07, 6.45) is 2.36. The summed E-state index contributed by atoms with van der Waals surface area (Å²) in [5.74, 6) is 0.750. The number of piperazine rings is 1. The predicted octanol–water partition coefficient (Wildman–Crippen LogP) is 2.51. The molecule has 0 aromatic carbocycles. The van der Waals surface area contributed by atoms with Crippen molar-refractivity contribution in [2.24, 2.45) is 5.92 Å². The summed E-state index contributed by atoms with van der Waals surface area (Å²) in [6, 6.07) is 0.634. The van der Waals surface area contributed by atoms with E-state index in [2.05, 4.69) is 44.8 Å². The van der Waals surface area contributed by atoms with Gasteiger partial charge in [0.25, 0.3) is 0 Å². The van der Waals surface area contributed by atoms with Crippen LogP contribution in [0.2, 0.25) is 0 Å². The van der Waals surface area contributed by atoms with Crippen LogP contribution in [-0.4, -0.2) is 49.3 Å². The minimum Gasteiger partial charge on any atom is -0.380 e. The summed E-state index contributed by atoms with van der Waals surface area (Å²) in [7, 11) is 0. The highest BCUT2D eigenvalue weighted by molar-refractivity contribution is 4.94. The van der Waals surface area contributed by atoms with E-state index in [0.717, 1.165) is 45.2 Å². The zero-order valence-electron chi connectivity index (χ0n) is 13.0. The highest BCUT2D eigenvalue weighted by Gasteiger charge is 2.34. The molecule has 1 heterocycles. The second-order valence-corrected chi connectivity index (χ2v) is 6.24. The topological polar surface area (TPSA) is 24.5 Å². The Bertz CT molecular complexity index is 231. The quantitative estimate of drug-likeness (QED) is 0.708. The van der Waals surface area contributed by atoms with Crippen molar-refractivity contribution in [1.29, 1.82) is 0 Å². The molecule has 1 fully saturated rings. The van der Waals surface area contributed by atoms with Gasteiger partial charge in [0, 0.05) is 37.8 Å². The third-order valence-electron chi connectivity index (χ3n) is 4.25. The number of hydrogen-bond acceptors (Lipinski definition) is 3. The van der Waals surface area contributed by atoms with Crippen LogP contribution in [-0.2, 0) is 4.74 Å². The molecule has 1 rings (SSSR count). The molecule has 2 atom stereocenters. The minimum atomic E-state index is 0.250. The molecule has 108 valence electrons. The summed E-state index contributed by atoms with van der Waals surface area (Å²) in [5, 5.41) is 3.71. The van der Waals surface area contributed by atoms with Crippen LogP contribution >= 0.6 is 0 Å². The van der Waals surface area contributed by atoms with Gasteiger partial charge in [-0.05, 0) is 26.2 Å². The first-order valence-electron chi connectivity index (χ1n) is 7.57. The molecule has 0 saturated carbocycles. The van der Waals surface area contributed by atoms with Crippen LogP contribution in [0.1, 0.15) is 47.5 Å². The normalized spacial score (nSPS) is 26.2. The van der Waals surface area contributed by atoms with Gasteiger partial charge in [0.1, 0.15) is 0 Å². The van der Waals surface area contributed by atoms with E-state index in [1.54, 1.807) is 0 Å². The molecule has 1 saturated heterocycles.